The molecule has 0 aliphatic carbocycles. The number of pyridine rings is 1. The van der Waals surface area contributed by atoms with Crippen molar-refractivity contribution in [1.82, 2.24) is 4.98 Å². The summed E-state index contributed by atoms with van der Waals surface area (Å²) < 4.78 is 0. The summed E-state index contributed by atoms with van der Waals surface area (Å²) in [4.78, 5) is 18.6. The number of aromatic nitrogens is 1. The molecule has 2 aromatic rings. The Morgan fingerprint density at radius 1 is 1.19 bits per heavy atom. The number of hydrogen-bond donors (Lipinski definition) is 0. The fraction of sp³-hybridized carbons (Fsp3) is 0.300. The number of carbonyl (C=O) groups is 1. The van der Waals surface area contributed by atoms with E-state index in [0.29, 0.717) is 34.0 Å². The van der Waals surface area contributed by atoms with Gasteiger partial charge in [-0.3, -0.25) is 4.79 Å². The first-order valence-electron chi connectivity index (χ1n) is 8.21. The van der Waals surface area contributed by atoms with E-state index in [4.69, 9.17) is 0 Å². The van der Waals surface area contributed by atoms with Gasteiger partial charge in [-0.25, -0.2) is 4.98 Å². The highest BCUT2D eigenvalue weighted by atomic mass is 32.2. The summed E-state index contributed by atoms with van der Waals surface area (Å²) in [6, 6.07) is 13.8. The molecule has 0 saturated heterocycles. The van der Waals surface area contributed by atoms with Gasteiger partial charge in [0, 0.05) is 14.1 Å². The number of anilines is 1. The summed E-state index contributed by atoms with van der Waals surface area (Å²) in [6.45, 7) is 3.44. The first kappa shape index (κ1) is 19.5. The largest absolute Gasteiger partial charge is 0.362 e. The maximum atomic E-state index is 12.3. The van der Waals surface area contributed by atoms with E-state index >= 15 is 0 Å². The highest BCUT2D eigenvalue weighted by Crippen LogP contribution is 2.39. The summed E-state index contributed by atoms with van der Waals surface area (Å²) >= 11 is 1.26. The minimum Gasteiger partial charge on any atom is -0.362 e. The van der Waals surface area contributed by atoms with Crippen LogP contribution in [0.15, 0.2) is 35.4 Å². The molecule has 0 radical (unpaired) electrons. The molecule has 2 rings (SSSR count). The molecule has 0 N–H and O–H groups in total. The SMILES string of the molecule is CCc1c(C#N)c(S[C@@H](C(C)=O)c2ccccc2)nc(N(C)C)c1C#N. The third kappa shape index (κ3) is 3.87. The van der Waals surface area contributed by atoms with Gasteiger partial charge in [-0.15, -0.1) is 0 Å². The van der Waals surface area contributed by atoms with Crippen LogP contribution < -0.4 is 4.90 Å². The predicted molar refractivity (Wildman–Crippen MR) is 103 cm³/mol. The van der Waals surface area contributed by atoms with Gasteiger partial charge in [-0.2, -0.15) is 10.5 Å². The molecule has 0 spiro atoms. The monoisotopic (exact) mass is 364 g/mol. The topological polar surface area (TPSA) is 80.8 Å². The van der Waals surface area contributed by atoms with E-state index in [1.54, 1.807) is 4.90 Å². The lowest BCUT2D eigenvalue weighted by Gasteiger charge is -2.20. The van der Waals surface area contributed by atoms with Crippen LogP contribution in [0.25, 0.3) is 0 Å². The van der Waals surface area contributed by atoms with Crippen LogP contribution in [-0.2, 0) is 11.2 Å². The summed E-state index contributed by atoms with van der Waals surface area (Å²) in [5.41, 5.74) is 2.33. The normalized spacial score (nSPS) is 11.3. The maximum Gasteiger partial charge on any atom is 0.147 e. The molecule has 1 aromatic carbocycles. The Labute approximate surface area is 158 Å². The van der Waals surface area contributed by atoms with E-state index in [1.807, 2.05) is 51.4 Å². The third-order valence-electron chi connectivity index (χ3n) is 3.95. The number of hydrogen-bond acceptors (Lipinski definition) is 6. The molecule has 1 heterocycles. The summed E-state index contributed by atoms with van der Waals surface area (Å²) in [5, 5.41) is 19.3. The van der Waals surface area contributed by atoms with E-state index in [2.05, 4.69) is 17.1 Å². The van der Waals surface area contributed by atoms with Crippen LogP contribution in [0.4, 0.5) is 5.82 Å². The number of benzene rings is 1. The number of nitrogens with zero attached hydrogens (tertiary/aromatic N) is 4. The van der Waals surface area contributed by atoms with Crippen molar-refractivity contribution in [2.75, 3.05) is 19.0 Å². The zero-order valence-electron chi connectivity index (χ0n) is 15.3. The van der Waals surface area contributed by atoms with E-state index in [0.717, 1.165) is 5.56 Å². The highest BCUT2D eigenvalue weighted by Gasteiger charge is 2.25. The van der Waals surface area contributed by atoms with Crippen LogP contribution in [0, 0.1) is 22.7 Å². The second-order valence-electron chi connectivity index (χ2n) is 5.96. The van der Waals surface area contributed by atoms with Crippen LogP contribution in [0.1, 0.15) is 41.4 Å². The standard InChI is InChI=1S/C20H20N4OS/c1-5-15-16(11-21)19(24(3)4)23-20(17(15)12-22)26-18(13(2)25)14-9-7-6-8-10-14/h6-10,18H,5H2,1-4H3/t18-/m0/s1. The molecule has 0 fully saturated rings. The van der Waals surface area contributed by atoms with E-state index in [-0.39, 0.29) is 5.78 Å². The lowest BCUT2D eigenvalue weighted by molar-refractivity contribution is -0.116. The van der Waals surface area contributed by atoms with Gasteiger partial charge in [-0.05, 0) is 24.5 Å². The van der Waals surface area contributed by atoms with Crippen LogP contribution in [0.3, 0.4) is 0 Å². The second-order valence-corrected chi connectivity index (χ2v) is 7.05. The fourth-order valence-electron chi connectivity index (χ4n) is 2.72. The molecule has 1 aromatic heterocycles. The second kappa shape index (κ2) is 8.51. The van der Waals surface area contributed by atoms with Gasteiger partial charge in [-0.1, -0.05) is 49.0 Å². The highest BCUT2D eigenvalue weighted by molar-refractivity contribution is 8.00. The zero-order chi connectivity index (χ0) is 19.3. The van der Waals surface area contributed by atoms with Crippen molar-refractivity contribution >= 4 is 23.4 Å². The van der Waals surface area contributed by atoms with Crippen molar-refractivity contribution in [3.8, 4) is 12.1 Å². The molecule has 0 aliphatic heterocycles. The molecule has 5 nitrogen and oxygen atoms in total. The molecule has 132 valence electrons. The quantitative estimate of drug-likeness (QED) is 0.724. The van der Waals surface area contributed by atoms with Crippen molar-refractivity contribution < 1.29 is 4.79 Å². The van der Waals surface area contributed by atoms with E-state index < -0.39 is 5.25 Å². The number of ketones is 1. The Morgan fingerprint density at radius 2 is 1.81 bits per heavy atom. The molecular weight excluding hydrogens is 344 g/mol. The average Bonchev–Trinajstić information content (AvgIpc) is 2.64. The lowest BCUT2D eigenvalue weighted by atomic mass is 10.0. The van der Waals surface area contributed by atoms with Crippen molar-refractivity contribution in [2.45, 2.75) is 30.5 Å². The first-order valence-corrected chi connectivity index (χ1v) is 9.08. The molecule has 0 bridgehead atoms. The van der Waals surface area contributed by atoms with Crippen molar-refractivity contribution in [1.29, 1.82) is 10.5 Å². The van der Waals surface area contributed by atoms with Gasteiger partial charge in [0.1, 0.15) is 28.8 Å². The Hall–Kier alpha value is -2.83. The van der Waals surface area contributed by atoms with Gasteiger partial charge in [0.05, 0.1) is 16.4 Å². The number of Topliss-reactive ketones (excluding diaryl/α,β-unsaturated/α-hetero) is 1. The van der Waals surface area contributed by atoms with Crippen LogP contribution >= 0.6 is 11.8 Å². The van der Waals surface area contributed by atoms with E-state index in [9.17, 15) is 15.3 Å². The Balaban J connectivity index is 2.65. The molecular formula is C20H20N4OS. The van der Waals surface area contributed by atoms with Crippen LogP contribution in [-0.4, -0.2) is 24.9 Å². The number of nitriles is 2. The number of carbonyl (C=O) groups excluding carboxylic acids is 1. The Bertz CT molecular complexity index is 895. The molecule has 0 amide bonds. The minimum absolute atomic E-state index is 0.0132. The Morgan fingerprint density at radius 3 is 2.27 bits per heavy atom. The smallest absolute Gasteiger partial charge is 0.147 e. The Kier molecular flexibility index (Phi) is 6.38. The maximum absolute atomic E-state index is 12.3. The van der Waals surface area contributed by atoms with Crippen LogP contribution in [0.5, 0.6) is 0 Å². The van der Waals surface area contributed by atoms with Gasteiger partial charge < -0.3 is 4.90 Å². The zero-order valence-corrected chi connectivity index (χ0v) is 16.1. The molecule has 26 heavy (non-hydrogen) atoms. The third-order valence-corrected chi connectivity index (χ3v) is 5.31. The van der Waals surface area contributed by atoms with Gasteiger partial charge in [0.25, 0.3) is 0 Å². The van der Waals surface area contributed by atoms with Crippen molar-refractivity contribution in [2.24, 2.45) is 0 Å². The van der Waals surface area contributed by atoms with E-state index in [1.165, 1.54) is 18.7 Å². The summed E-state index contributed by atoms with van der Waals surface area (Å²) in [7, 11) is 3.62. The summed E-state index contributed by atoms with van der Waals surface area (Å²) in [6.07, 6.45) is 0.540. The average molecular weight is 364 g/mol. The van der Waals surface area contributed by atoms with Crippen molar-refractivity contribution in [3.05, 3.63) is 52.6 Å². The molecule has 0 aliphatic rings. The van der Waals surface area contributed by atoms with Gasteiger partial charge >= 0.3 is 0 Å². The van der Waals surface area contributed by atoms with Gasteiger partial charge in [0.2, 0.25) is 0 Å². The molecule has 0 saturated carbocycles. The summed E-state index contributed by atoms with van der Waals surface area (Å²) in [5.74, 6) is 0.502. The number of thioether (sulfide) groups is 1. The van der Waals surface area contributed by atoms with Crippen molar-refractivity contribution in [3.63, 3.8) is 0 Å². The van der Waals surface area contributed by atoms with Gasteiger partial charge in [0.15, 0.2) is 0 Å². The lowest BCUT2D eigenvalue weighted by Crippen LogP contribution is -2.16. The molecule has 6 heteroatoms. The van der Waals surface area contributed by atoms with Crippen LogP contribution in [0.2, 0.25) is 0 Å². The predicted octanol–water partition coefficient (Wildman–Crippen LogP) is 3.88. The first-order chi connectivity index (χ1) is 12.4. The molecule has 1 atom stereocenters. The fourth-order valence-corrected chi connectivity index (χ4v) is 3.83. The minimum atomic E-state index is -0.455. The number of rotatable bonds is 6. The molecule has 0 unspecified atom stereocenters.